The summed E-state index contributed by atoms with van der Waals surface area (Å²) in [5, 5.41) is 3.57. The highest BCUT2D eigenvalue weighted by Gasteiger charge is 2.38. The van der Waals surface area contributed by atoms with E-state index in [4.69, 9.17) is 0 Å². The first-order valence-corrected chi connectivity index (χ1v) is 7.15. The molecule has 0 radical (unpaired) electrons. The van der Waals surface area contributed by atoms with Crippen LogP contribution in [0.2, 0.25) is 0 Å². The highest BCUT2D eigenvalue weighted by molar-refractivity contribution is 5.04. The number of fused-ring (bicyclic) bond motifs is 1. The lowest BCUT2D eigenvalue weighted by Gasteiger charge is -2.39. The molecule has 3 atom stereocenters. The van der Waals surface area contributed by atoms with Crippen molar-refractivity contribution in [2.45, 2.75) is 31.8 Å². The molecular formula is C15H23N3. The molecular weight excluding hydrogens is 222 g/mol. The van der Waals surface area contributed by atoms with Gasteiger partial charge in [-0.3, -0.25) is 9.88 Å². The number of rotatable bonds is 3. The molecule has 1 aliphatic heterocycles. The van der Waals surface area contributed by atoms with Gasteiger partial charge in [0, 0.05) is 18.8 Å². The third kappa shape index (κ3) is 2.43. The number of hydrogen-bond acceptors (Lipinski definition) is 3. The van der Waals surface area contributed by atoms with Crippen molar-refractivity contribution in [2.75, 3.05) is 20.1 Å². The zero-order valence-electron chi connectivity index (χ0n) is 11.2. The molecule has 0 bridgehead atoms. The Morgan fingerprint density at radius 1 is 1.33 bits per heavy atom. The summed E-state index contributed by atoms with van der Waals surface area (Å²) in [5.41, 5.74) is 1.19. The van der Waals surface area contributed by atoms with Gasteiger partial charge < -0.3 is 5.32 Å². The highest BCUT2D eigenvalue weighted by atomic mass is 15.2. The van der Waals surface area contributed by atoms with Crippen LogP contribution in [0.3, 0.4) is 0 Å². The Balaban J connectivity index is 1.66. The summed E-state index contributed by atoms with van der Waals surface area (Å²) >= 11 is 0. The number of nitrogens with zero attached hydrogens (tertiary/aromatic N) is 2. The zero-order chi connectivity index (χ0) is 12.4. The van der Waals surface area contributed by atoms with E-state index in [1.54, 1.807) is 0 Å². The first-order chi connectivity index (χ1) is 8.84. The van der Waals surface area contributed by atoms with E-state index in [2.05, 4.69) is 34.4 Å². The fourth-order valence-electron chi connectivity index (χ4n) is 3.73. The van der Waals surface area contributed by atoms with Crippen LogP contribution in [-0.4, -0.2) is 36.1 Å². The van der Waals surface area contributed by atoms with Crippen LogP contribution in [0.5, 0.6) is 0 Å². The van der Waals surface area contributed by atoms with Crippen molar-refractivity contribution in [1.82, 2.24) is 15.2 Å². The SMILES string of the molecule is CN(Cc1ccccn1)C1CCCC2CNCC21. The van der Waals surface area contributed by atoms with Crippen molar-refractivity contribution >= 4 is 0 Å². The minimum atomic E-state index is 0.737. The summed E-state index contributed by atoms with van der Waals surface area (Å²) in [6.45, 7) is 3.43. The van der Waals surface area contributed by atoms with Gasteiger partial charge in [0.15, 0.2) is 0 Å². The Morgan fingerprint density at radius 2 is 2.28 bits per heavy atom. The third-order valence-electron chi connectivity index (χ3n) is 4.66. The standard InChI is InChI=1S/C15H23N3/c1-18(11-13-6-2-3-8-17-13)15-7-4-5-12-9-16-10-14(12)15/h2-3,6,8,12,14-16H,4-5,7,9-11H2,1H3. The van der Waals surface area contributed by atoms with Crippen LogP contribution in [-0.2, 0) is 6.54 Å². The maximum atomic E-state index is 4.44. The second kappa shape index (κ2) is 5.37. The average Bonchev–Trinajstić information content (AvgIpc) is 2.87. The van der Waals surface area contributed by atoms with Crippen LogP contribution in [0, 0.1) is 11.8 Å². The van der Waals surface area contributed by atoms with Crippen molar-refractivity contribution in [3.63, 3.8) is 0 Å². The summed E-state index contributed by atoms with van der Waals surface area (Å²) in [4.78, 5) is 6.96. The molecule has 0 spiro atoms. The Bertz CT molecular complexity index is 379. The van der Waals surface area contributed by atoms with E-state index in [1.165, 1.54) is 38.0 Å². The molecule has 0 amide bonds. The molecule has 1 aromatic heterocycles. The van der Waals surface area contributed by atoms with Crippen LogP contribution in [0.15, 0.2) is 24.4 Å². The van der Waals surface area contributed by atoms with E-state index >= 15 is 0 Å². The normalized spacial score (nSPS) is 31.6. The quantitative estimate of drug-likeness (QED) is 0.881. The highest BCUT2D eigenvalue weighted by Crippen LogP contribution is 2.35. The molecule has 2 fully saturated rings. The van der Waals surface area contributed by atoms with Crippen molar-refractivity contribution in [3.8, 4) is 0 Å². The van der Waals surface area contributed by atoms with Crippen LogP contribution in [0.1, 0.15) is 25.0 Å². The molecule has 18 heavy (non-hydrogen) atoms. The van der Waals surface area contributed by atoms with Crippen LogP contribution in [0.4, 0.5) is 0 Å². The molecule has 3 rings (SSSR count). The Morgan fingerprint density at radius 3 is 3.11 bits per heavy atom. The van der Waals surface area contributed by atoms with Gasteiger partial charge in [-0.25, -0.2) is 0 Å². The Hall–Kier alpha value is -0.930. The molecule has 1 aromatic rings. The first kappa shape index (κ1) is 12.1. The second-order valence-corrected chi connectivity index (χ2v) is 5.82. The van der Waals surface area contributed by atoms with E-state index in [9.17, 15) is 0 Å². The molecule has 1 saturated heterocycles. The van der Waals surface area contributed by atoms with Gasteiger partial charge in [-0.1, -0.05) is 12.5 Å². The van der Waals surface area contributed by atoms with Gasteiger partial charge in [0.05, 0.1) is 5.69 Å². The lowest BCUT2D eigenvalue weighted by molar-refractivity contribution is 0.105. The summed E-state index contributed by atoms with van der Waals surface area (Å²) in [6, 6.07) is 6.93. The fraction of sp³-hybridized carbons (Fsp3) is 0.667. The van der Waals surface area contributed by atoms with Gasteiger partial charge in [-0.05, 0) is 56.9 Å². The molecule has 3 unspecified atom stereocenters. The fourth-order valence-corrected chi connectivity index (χ4v) is 3.73. The molecule has 1 saturated carbocycles. The molecule has 2 heterocycles. The largest absolute Gasteiger partial charge is 0.316 e. The van der Waals surface area contributed by atoms with Crippen molar-refractivity contribution < 1.29 is 0 Å². The number of hydrogen-bond donors (Lipinski definition) is 1. The monoisotopic (exact) mass is 245 g/mol. The predicted octanol–water partition coefficient (Wildman–Crippen LogP) is 1.90. The molecule has 3 heteroatoms. The van der Waals surface area contributed by atoms with E-state index in [0.29, 0.717) is 0 Å². The molecule has 0 aromatic carbocycles. The minimum absolute atomic E-state index is 0.737. The molecule has 1 aliphatic carbocycles. The first-order valence-electron chi connectivity index (χ1n) is 7.15. The lowest BCUT2D eigenvalue weighted by atomic mass is 9.77. The Labute approximate surface area is 110 Å². The van der Waals surface area contributed by atoms with E-state index in [1.807, 2.05) is 12.3 Å². The van der Waals surface area contributed by atoms with Crippen LogP contribution >= 0.6 is 0 Å². The summed E-state index contributed by atoms with van der Waals surface area (Å²) < 4.78 is 0. The molecule has 1 N–H and O–H groups in total. The van der Waals surface area contributed by atoms with E-state index in [-0.39, 0.29) is 0 Å². The van der Waals surface area contributed by atoms with Gasteiger partial charge >= 0.3 is 0 Å². The maximum Gasteiger partial charge on any atom is 0.0543 e. The number of aromatic nitrogens is 1. The van der Waals surface area contributed by atoms with E-state index in [0.717, 1.165) is 24.4 Å². The van der Waals surface area contributed by atoms with Crippen molar-refractivity contribution in [3.05, 3.63) is 30.1 Å². The predicted molar refractivity (Wildman–Crippen MR) is 73.2 cm³/mol. The number of nitrogens with one attached hydrogen (secondary N) is 1. The summed E-state index contributed by atoms with van der Waals surface area (Å²) in [6.07, 6.45) is 6.06. The maximum absolute atomic E-state index is 4.44. The second-order valence-electron chi connectivity index (χ2n) is 5.82. The van der Waals surface area contributed by atoms with Crippen molar-refractivity contribution in [1.29, 1.82) is 0 Å². The molecule has 3 nitrogen and oxygen atoms in total. The zero-order valence-corrected chi connectivity index (χ0v) is 11.2. The third-order valence-corrected chi connectivity index (χ3v) is 4.66. The van der Waals surface area contributed by atoms with Gasteiger partial charge in [0.1, 0.15) is 0 Å². The van der Waals surface area contributed by atoms with Gasteiger partial charge in [-0.2, -0.15) is 0 Å². The van der Waals surface area contributed by atoms with Gasteiger partial charge in [0.2, 0.25) is 0 Å². The summed E-state index contributed by atoms with van der Waals surface area (Å²) in [5.74, 6) is 1.77. The smallest absolute Gasteiger partial charge is 0.0543 e. The topological polar surface area (TPSA) is 28.2 Å². The average molecular weight is 245 g/mol. The van der Waals surface area contributed by atoms with Gasteiger partial charge in [0.25, 0.3) is 0 Å². The van der Waals surface area contributed by atoms with Crippen LogP contribution < -0.4 is 5.32 Å². The van der Waals surface area contributed by atoms with E-state index < -0.39 is 0 Å². The molecule has 2 aliphatic rings. The lowest BCUT2D eigenvalue weighted by Crippen LogP contribution is -2.43. The molecule has 98 valence electrons. The van der Waals surface area contributed by atoms with Gasteiger partial charge in [-0.15, -0.1) is 0 Å². The van der Waals surface area contributed by atoms with Crippen molar-refractivity contribution in [2.24, 2.45) is 11.8 Å². The summed E-state index contributed by atoms with van der Waals surface area (Å²) in [7, 11) is 2.26. The van der Waals surface area contributed by atoms with Crippen LogP contribution in [0.25, 0.3) is 0 Å². The minimum Gasteiger partial charge on any atom is -0.316 e. The Kier molecular flexibility index (Phi) is 3.62. The number of pyridine rings is 1.